The number of rotatable bonds is 4. The van der Waals surface area contributed by atoms with Crippen molar-refractivity contribution in [3.8, 4) is 11.4 Å². The monoisotopic (exact) mass is 245 g/mol. The Bertz CT molecular complexity index is 555. The second kappa shape index (κ2) is 5.08. The summed E-state index contributed by atoms with van der Waals surface area (Å²) < 4.78 is 5.12. The molecule has 0 aliphatic heterocycles. The minimum atomic E-state index is 0.116. The van der Waals surface area contributed by atoms with Gasteiger partial charge >= 0.3 is 0 Å². The molecule has 2 aromatic heterocycles. The maximum absolute atomic E-state index is 10.9. The zero-order valence-electron chi connectivity index (χ0n) is 10.7. The van der Waals surface area contributed by atoms with Gasteiger partial charge in [-0.3, -0.25) is 4.98 Å². The van der Waals surface area contributed by atoms with E-state index in [-0.39, 0.29) is 5.78 Å². The summed E-state index contributed by atoms with van der Waals surface area (Å²) in [5, 5.41) is 3.92. The number of carbonyl (C=O) groups excluding carboxylic acids is 1. The molecule has 2 aromatic rings. The molecule has 0 N–H and O–H groups in total. The van der Waals surface area contributed by atoms with Crippen molar-refractivity contribution in [2.45, 2.75) is 33.6 Å². The molecule has 0 aliphatic rings. The first-order valence-electron chi connectivity index (χ1n) is 5.82. The fourth-order valence-corrected chi connectivity index (χ4v) is 1.72. The van der Waals surface area contributed by atoms with E-state index in [0.29, 0.717) is 24.6 Å². The van der Waals surface area contributed by atoms with Gasteiger partial charge in [-0.1, -0.05) is 5.16 Å². The van der Waals surface area contributed by atoms with Gasteiger partial charge in [0, 0.05) is 29.8 Å². The van der Waals surface area contributed by atoms with Crippen molar-refractivity contribution in [2.24, 2.45) is 0 Å². The molecule has 0 aliphatic carbocycles. The lowest BCUT2D eigenvalue weighted by atomic mass is 10.2. The molecule has 0 bridgehead atoms. The highest BCUT2D eigenvalue weighted by Crippen LogP contribution is 2.18. The van der Waals surface area contributed by atoms with Gasteiger partial charge in [0.2, 0.25) is 11.7 Å². The third-order valence-corrected chi connectivity index (χ3v) is 2.50. The number of carbonyl (C=O) groups is 1. The highest BCUT2D eigenvalue weighted by molar-refractivity contribution is 5.75. The minimum absolute atomic E-state index is 0.116. The first-order chi connectivity index (χ1) is 8.54. The Morgan fingerprint density at radius 3 is 2.50 bits per heavy atom. The number of aryl methyl sites for hydroxylation is 3. The van der Waals surface area contributed by atoms with E-state index in [4.69, 9.17) is 4.52 Å². The molecular formula is C13H15N3O2. The summed E-state index contributed by atoms with van der Waals surface area (Å²) in [6, 6.07) is 3.82. The normalized spacial score (nSPS) is 10.6. The molecule has 5 heteroatoms. The van der Waals surface area contributed by atoms with Crippen molar-refractivity contribution in [3.05, 3.63) is 29.4 Å². The Hall–Kier alpha value is -2.04. The fourth-order valence-electron chi connectivity index (χ4n) is 1.72. The number of hydrogen-bond acceptors (Lipinski definition) is 5. The summed E-state index contributed by atoms with van der Waals surface area (Å²) in [6.45, 7) is 5.40. The molecule has 0 radical (unpaired) electrons. The Kier molecular flexibility index (Phi) is 3.50. The summed E-state index contributed by atoms with van der Waals surface area (Å²) in [4.78, 5) is 19.5. The Labute approximate surface area is 105 Å². The number of nitrogens with zero attached hydrogens (tertiary/aromatic N) is 3. The average molecular weight is 245 g/mol. The van der Waals surface area contributed by atoms with Gasteiger partial charge in [0.1, 0.15) is 5.78 Å². The summed E-state index contributed by atoms with van der Waals surface area (Å²) in [7, 11) is 0. The van der Waals surface area contributed by atoms with E-state index in [0.717, 1.165) is 17.0 Å². The van der Waals surface area contributed by atoms with Gasteiger partial charge in [0.15, 0.2) is 0 Å². The van der Waals surface area contributed by atoms with Crippen LogP contribution in [0.2, 0.25) is 0 Å². The molecule has 0 saturated heterocycles. The number of ketones is 1. The van der Waals surface area contributed by atoms with Gasteiger partial charge in [0.25, 0.3) is 0 Å². The van der Waals surface area contributed by atoms with Crippen molar-refractivity contribution in [3.63, 3.8) is 0 Å². The quantitative estimate of drug-likeness (QED) is 0.826. The van der Waals surface area contributed by atoms with Crippen LogP contribution in [0, 0.1) is 13.8 Å². The van der Waals surface area contributed by atoms with Crippen LogP contribution < -0.4 is 0 Å². The Balaban J connectivity index is 2.21. The van der Waals surface area contributed by atoms with E-state index in [1.165, 1.54) is 0 Å². The molecular weight excluding hydrogens is 230 g/mol. The van der Waals surface area contributed by atoms with Crippen LogP contribution in [0.15, 0.2) is 16.7 Å². The highest BCUT2D eigenvalue weighted by Gasteiger charge is 2.10. The van der Waals surface area contributed by atoms with Crippen LogP contribution in [0.5, 0.6) is 0 Å². The molecule has 0 unspecified atom stereocenters. The SMILES string of the molecule is CC(=O)CCc1nc(-c2cc(C)nc(C)c2)no1. The van der Waals surface area contributed by atoms with Crippen molar-refractivity contribution >= 4 is 5.78 Å². The number of pyridine rings is 1. The minimum Gasteiger partial charge on any atom is -0.339 e. The second-order valence-corrected chi connectivity index (χ2v) is 4.35. The predicted octanol–water partition coefficient (Wildman–Crippen LogP) is 2.27. The van der Waals surface area contributed by atoms with Crippen LogP contribution in [-0.4, -0.2) is 20.9 Å². The smallest absolute Gasteiger partial charge is 0.227 e. The molecule has 5 nitrogen and oxygen atoms in total. The van der Waals surface area contributed by atoms with E-state index < -0.39 is 0 Å². The third kappa shape index (κ3) is 3.00. The molecule has 0 atom stereocenters. The topological polar surface area (TPSA) is 68.9 Å². The van der Waals surface area contributed by atoms with Gasteiger partial charge in [-0.2, -0.15) is 4.98 Å². The molecule has 2 heterocycles. The molecule has 0 saturated carbocycles. The number of aromatic nitrogens is 3. The van der Waals surface area contributed by atoms with Crippen LogP contribution in [0.1, 0.15) is 30.6 Å². The third-order valence-electron chi connectivity index (χ3n) is 2.50. The molecule has 0 spiro atoms. The van der Waals surface area contributed by atoms with E-state index in [2.05, 4.69) is 15.1 Å². The van der Waals surface area contributed by atoms with E-state index in [1.54, 1.807) is 6.92 Å². The summed E-state index contributed by atoms with van der Waals surface area (Å²) in [6.07, 6.45) is 0.918. The van der Waals surface area contributed by atoms with Crippen LogP contribution in [-0.2, 0) is 11.2 Å². The van der Waals surface area contributed by atoms with Crippen LogP contribution in [0.25, 0.3) is 11.4 Å². The highest BCUT2D eigenvalue weighted by atomic mass is 16.5. The Morgan fingerprint density at radius 2 is 1.89 bits per heavy atom. The fraction of sp³-hybridized carbons (Fsp3) is 0.385. The number of hydrogen-bond donors (Lipinski definition) is 0. The summed E-state index contributed by atoms with van der Waals surface area (Å²) in [5.74, 6) is 1.15. The predicted molar refractivity (Wildman–Crippen MR) is 66.0 cm³/mol. The molecule has 0 amide bonds. The largest absolute Gasteiger partial charge is 0.339 e. The lowest BCUT2D eigenvalue weighted by Gasteiger charge is -1.98. The zero-order valence-corrected chi connectivity index (χ0v) is 10.7. The van der Waals surface area contributed by atoms with Gasteiger partial charge in [0.05, 0.1) is 0 Å². The Morgan fingerprint density at radius 1 is 1.22 bits per heavy atom. The van der Waals surface area contributed by atoms with Crippen LogP contribution in [0.3, 0.4) is 0 Å². The maximum Gasteiger partial charge on any atom is 0.227 e. The average Bonchev–Trinajstić information content (AvgIpc) is 2.73. The van der Waals surface area contributed by atoms with E-state index in [9.17, 15) is 4.79 Å². The number of Topliss-reactive ketones (excluding diaryl/α,β-unsaturated/α-hetero) is 1. The lowest BCUT2D eigenvalue weighted by Crippen LogP contribution is -1.94. The van der Waals surface area contributed by atoms with Gasteiger partial charge in [-0.05, 0) is 32.9 Å². The van der Waals surface area contributed by atoms with Crippen molar-refractivity contribution < 1.29 is 9.32 Å². The zero-order chi connectivity index (χ0) is 13.1. The van der Waals surface area contributed by atoms with Crippen molar-refractivity contribution in [2.75, 3.05) is 0 Å². The first-order valence-corrected chi connectivity index (χ1v) is 5.82. The van der Waals surface area contributed by atoms with E-state index in [1.807, 2.05) is 26.0 Å². The molecule has 94 valence electrons. The molecule has 0 fully saturated rings. The lowest BCUT2D eigenvalue weighted by molar-refractivity contribution is -0.117. The van der Waals surface area contributed by atoms with Crippen molar-refractivity contribution in [1.29, 1.82) is 0 Å². The van der Waals surface area contributed by atoms with Gasteiger partial charge < -0.3 is 9.32 Å². The molecule has 18 heavy (non-hydrogen) atoms. The molecule has 0 aromatic carbocycles. The summed E-state index contributed by atoms with van der Waals surface area (Å²) >= 11 is 0. The second-order valence-electron chi connectivity index (χ2n) is 4.35. The standard InChI is InChI=1S/C13H15N3O2/c1-8-6-11(7-9(2)14-8)13-15-12(18-16-13)5-4-10(3)17/h6-7H,4-5H2,1-3H3. The first kappa shape index (κ1) is 12.4. The van der Waals surface area contributed by atoms with E-state index >= 15 is 0 Å². The van der Waals surface area contributed by atoms with Gasteiger partial charge in [-0.25, -0.2) is 0 Å². The maximum atomic E-state index is 10.9. The summed E-state index contributed by atoms with van der Waals surface area (Å²) in [5.41, 5.74) is 2.72. The van der Waals surface area contributed by atoms with Gasteiger partial charge in [-0.15, -0.1) is 0 Å². The van der Waals surface area contributed by atoms with Crippen LogP contribution in [0.4, 0.5) is 0 Å². The van der Waals surface area contributed by atoms with Crippen molar-refractivity contribution in [1.82, 2.24) is 15.1 Å². The van der Waals surface area contributed by atoms with Crippen LogP contribution >= 0.6 is 0 Å². The molecule has 2 rings (SSSR count).